The fraction of sp³-hybridized carbons (Fsp3) is 0.667. The Morgan fingerprint density at radius 3 is 2.88 bits per heavy atom. The van der Waals surface area contributed by atoms with Crippen molar-refractivity contribution >= 4 is 5.91 Å². The summed E-state index contributed by atoms with van der Waals surface area (Å²) in [7, 11) is 0. The van der Waals surface area contributed by atoms with Gasteiger partial charge in [-0.1, -0.05) is 26.0 Å². The molecule has 25 heavy (non-hydrogen) atoms. The molecule has 2 aliphatic carbocycles. The van der Waals surface area contributed by atoms with Crippen molar-refractivity contribution in [1.29, 1.82) is 0 Å². The normalized spacial score (nSPS) is 31.7. The molecule has 0 bridgehead atoms. The molecule has 1 spiro atoms. The quantitative estimate of drug-likeness (QED) is 0.734. The SMILES string of the molecule is CCCOc1cc(CN2C3CCC4CCC432)ccc1CNC(=O)CC. The fourth-order valence-corrected chi connectivity index (χ4v) is 5.06. The van der Waals surface area contributed by atoms with E-state index in [2.05, 4.69) is 35.3 Å². The van der Waals surface area contributed by atoms with Gasteiger partial charge in [-0.15, -0.1) is 0 Å². The van der Waals surface area contributed by atoms with Gasteiger partial charge in [-0.3, -0.25) is 9.69 Å². The van der Waals surface area contributed by atoms with E-state index in [1.807, 2.05) is 6.92 Å². The van der Waals surface area contributed by atoms with E-state index in [-0.39, 0.29) is 5.91 Å². The first-order valence-corrected chi connectivity index (χ1v) is 9.97. The van der Waals surface area contributed by atoms with E-state index in [9.17, 15) is 4.79 Å². The number of nitrogens with one attached hydrogen (secondary N) is 1. The summed E-state index contributed by atoms with van der Waals surface area (Å²) in [6.07, 6.45) is 7.19. The third kappa shape index (κ3) is 2.84. The predicted molar refractivity (Wildman–Crippen MR) is 98.4 cm³/mol. The Kier molecular flexibility index (Phi) is 4.48. The molecule has 1 heterocycles. The van der Waals surface area contributed by atoms with Crippen LogP contribution < -0.4 is 10.1 Å². The number of benzene rings is 1. The number of piperidine rings is 1. The van der Waals surface area contributed by atoms with Crippen LogP contribution >= 0.6 is 0 Å². The summed E-state index contributed by atoms with van der Waals surface area (Å²) in [5, 5.41) is 2.96. The van der Waals surface area contributed by atoms with Crippen molar-refractivity contribution < 1.29 is 9.53 Å². The molecule has 1 saturated heterocycles. The van der Waals surface area contributed by atoms with Crippen LogP contribution in [0.4, 0.5) is 0 Å². The molecule has 2 saturated carbocycles. The minimum absolute atomic E-state index is 0.0811. The van der Waals surface area contributed by atoms with E-state index < -0.39 is 0 Å². The third-order valence-electron chi connectivity index (χ3n) is 6.55. The number of carbonyl (C=O) groups is 1. The second kappa shape index (κ2) is 6.64. The second-order valence-electron chi connectivity index (χ2n) is 7.87. The van der Waals surface area contributed by atoms with Gasteiger partial charge in [-0.2, -0.15) is 0 Å². The minimum atomic E-state index is 0.0811. The maximum Gasteiger partial charge on any atom is 0.219 e. The Labute approximate surface area is 150 Å². The van der Waals surface area contributed by atoms with Crippen LogP contribution in [0.5, 0.6) is 5.75 Å². The number of amides is 1. The Morgan fingerprint density at radius 2 is 2.20 bits per heavy atom. The molecule has 4 heteroatoms. The monoisotopic (exact) mass is 342 g/mol. The first-order chi connectivity index (χ1) is 12.2. The van der Waals surface area contributed by atoms with Gasteiger partial charge in [0.05, 0.1) is 6.61 Å². The number of nitrogens with zero attached hydrogens (tertiary/aromatic N) is 1. The van der Waals surface area contributed by atoms with Gasteiger partial charge in [0.25, 0.3) is 0 Å². The number of rotatable bonds is 8. The molecule has 1 aliphatic heterocycles. The van der Waals surface area contributed by atoms with E-state index >= 15 is 0 Å². The predicted octanol–water partition coefficient (Wildman–Crippen LogP) is 3.63. The van der Waals surface area contributed by atoms with Gasteiger partial charge in [-0.05, 0) is 49.7 Å². The smallest absolute Gasteiger partial charge is 0.219 e. The van der Waals surface area contributed by atoms with Crippen LogP contribution in [0.3, 0.4) is 0 Å². The molecule has 3 aliphatic rings. The van der Waals surface area contributed by atoms with E-state index in [1.165, 1.54) is 31.2 Å². The Balaban J connectivity index is 1.45. The highest BCUT2D eigenvalue weighted by Crippen LogP contribution is 2.67. The lowest BCUT2D eigenvalue weighted by Crippen LogP contribution is -2.37. The molecule has 0 radical (unpaired) electrons. The first kappa shape index (κ1) is 16.9. The topological polar surface area (TPSA) is 41.3 Å². The maximum atomic E-state index is 11.6. The molecule has 1 amide bonds. The van der Waals surface area contributed by atoms with E-state index in [0.717, 1.165) is 42.8 Å². The van der Waals surface area contributed by atoms with Gasteiger partial charge in [0.15, 0.2) is 0 Å². The van der Waals surface area contributed by atoms with Gasteiger partial charge >= 0.3 is 0 Å². The van der Waals surface area contributed by atoms with Crippen LogP contribution in [0.15, 0.2) is 18.2 Å². The highest BCUT2D eigenvalue weighted by Gasteiger charge is 2.72. The highest BCUT2D eigenvalue weighted by atomic mass is 16.5. The molecule has 1 N–H and O–H groups in total. The fourth-order valence-electron chi connectivity index (χ4n) is 5.06. The van der Waals surface area contributed by atoms with Crippen molar-refractivity contribution in [2.24, 2.45) is 5.92 Å². The van der Waals surface area contributed by atoms with Gasteiger partial charge in [-0.25, -0.2) is 0 Å². The highest BCUT2D eigenvalue weighted by molar-refractivity contribution is 5.75. The first-order valence-electron chi connectivity index (χ1n) is 9.97. The zero-order chi connectivity index (χ0) is 17.4. The Hall–Kier alpha value is -1.55. The Morgan fingerprint density at radius 1 is 1.32 bits per heavy atom. The van der Waals surface area contributed by atoms with Crippen molar-refractivity contribution in [2.45, 2.75) is 77.0 Å². The molecular weight excluding hydrogens is 312 g/mol. The maximum absolute atomic E-state index is 11.6. The van der Waals surface area contributed by atoms with Crippen molar-refractivity contribution in [2.75, 3.05) is 6.61 Å². The zero-order valence-corrected chi connectivity index (χ0v) is 15.5. The van der Waals surface area contributed by atoms with Crippen LogP contribution in [0, 0.1) is 5.92 Å². The molecule has 1 aromatic carbocycles. The third-order valence-corrected chi connectivity index (χ3v) is 6.55. The van der Waals surface area contributed by atoms with Crippen molar-refractivity contribution in [3.8, 4) is 5.75 Å². The van der Waals surface area contributed by atoms with Gasteiger partial charge in [0, 0.05) is 36.7 Å². The van der Waals surface area contributed by atoms with E-state index in [4.69, 9.17) is 4.74 Å². The average Bonchev–Trinajstić information content (AvgIpc) is 3.18. The van der Waals surface area contributed by atoms with Crippen molar-refractivity contribution in [1.82, 2.24) is 10.2 Å². The summed E-state index contributed by atoms with van der Waals surface area (Å²) in [5.41, 5.74) is 2.99. The Bertz CT molecular complexity index is 659. The lowest BCUT2D eigenvalue weighted by atomic mass is 9.74. The van der Waals surface area contributed by atoms with Crippen LogP contribution in [-0.2, 0) is 17.9 Å². The van der Waals surface area contributed by atoms with Gasteiger partial charge in [0.2, 0.25) is 5.91 Å². The van der Waals surface area contributed by atoms with Crippen LogP contribution in [0.2, 0.25) is 0 Å². The van der Waals surface area contributed by atoms with Crippen LogP contribution in [-0.4, -0.2) is 29.0 Å². The molecule has 136 valence electrons. The second-order valence-corrected chi connectivity index (χ2v) is 7.87. The lowest BCUT2D eigenvalue weighted by molar-refractivity contribution is -0.120. The van der Waals surface area contributed by atoms with Gasteiger partial charge in [0.1, 0.15) is 5.75 Å². The molecule has 4 unspecified atom stereocenters. The molecule has 1 aromatic rings. The molecule has 4 nitrogen and oxygen atoms in total. The number of carbonyl (C=O) groups excluding carboxylic acids is 1. The summed E-state index contributed by atoms with van der Waals surface area (Å²) in [4.78, 5) is 14.3. The zero-order valence-electron chi connectivity index (χ0n) is 15.5. The van der Waals surface area contributed by atoms with Crippen molar-refractivity contribution in [3.63, 3.8) is 0 Å². The van der Waals surface area contributed by atoms with Crippen LogP contribution in [0.25, 0.3) is 0 Å². The number of hydrogen-bond donors (Lipinski definition) is 1. The number of likely N-dealkylation sites (tertiary alicyclic amines) is 1. The van der Waals surface area contributed by atoms with E-state index in [1.54, 1.807) is 0 Å². The summed E-state index contributed by atoms with van der Waals surface area (Å²) < 4.78 is 5.98. The van der Waals surface area contributed by atoms with Crippen LogP contribution in [0.1, 0.15) is 63.5 Å². The van der Waals surface area contributed by atoms with E-state index in [0.29, 0.717) is 18.5 Å². The molecule has 4 rings (SSSR count). The standard InChI is InChI=1S/C21H30N2O2/c1-3-11-25-18-12-15(5-6-16(18)13-22-20(24)4-2)14-23-19-8-7-17-9-10-21(17,19)23/h5-6,12,17,19H,3-4,7-11,13-14H2,1-2H3,(H,22,24). The average molecular weight is 342 g/mol. The molecule has 3 fully saturated rings. The molecule has 0 aromatic heterocycles. The summed E-state index contributed by atoms with van der Waals surface area (Å²) in [6, 6.07) is 7.38. The van der Waals surface area contributed by atoms with Gasteiger partial charge < -0.3 is 10.1 Å². The minimum Gasteiger partial charge on any atom is -0.493 e. The summed E-state index contributed by atoms with van der Waals surface area (Å²) >= 11 is 0. The number of ether oxygens (including phenoxy) is 1. The lowest BCUT2D eigenvalue weighted by Gasteiger charge is -2.35. The number of hydrogen-bond acceptors (Lipinski definition) is 3. The summed E-state index contributed by atoms with van der Waals surface area (Å²) in [6.45, 7) is 6.31. The molecule has 4 atom stereocenters. The summed E-state index contributed by atoms with van der Waals surface area (Å²) in [5.74, 6) is 1.99. The largest absolute Gasteiger partial charge is 0.493 e. The molecular formula is C21H30N2O2. The van der Waals surface area contributed by atoms with Crippen molar-refractivity contribution in [3.05, 3.63) is 29.3 Å².